The van der Waals surface area contributed by atoms with Crippen LogP contribution < -0.4 is 5.32 Å². The Morgan fingerprint density at radius 1 is 1.17 bits per heavy atom. The van der Waals surface area contributed by atoms with Crippen LogP contribution in [0.4, 0.5) is 4.79 Å². The minimum absolute atomic E-state index is 0.0453. The zero-order valence-corrected chi connectivity index (χ0v) is 19.0. The second-order valence-corrected chi connectivity index (χ2v) is 10.9. The van der Waals surface area contributed by atoms with Crippen LogP contribution in [0.3, 0.4) is 0 Å². The first-order valence-electron chi connectivity index (χ1n) is 10.7. The van der Waals surface area contributed by atoms with Gasteiger partial charge in [-0.1, -0.05) is 65.8 Å². The highest BCUT2D eigenvalue weighted by Crippen LogP contribution is 2.46. The fraction of sp³-hybridized carbons (Fsp3) is 0.625. The number of carbonyl (C=O) groups is 3. The van der Waals surface area contributed by atoms with Crippen LogP contribution in [0, 0.1) is 11.3 Å². The Labute approximate surface area is 179 Å². The predicted octanol–water partition coefficient (Wildman–Crippen LogP) is 4.16. The van der Waals surface area contributed by atoms with Gasteiger partial charge in [-0.25, -0.2) is 4.79 Å². The Kier molecular flexibility index (Phi) is 5.74. The monoisotopic (exact) mass is 414 g/mol. The van der Waals surface area contributed by atoms with Gasteiger partial charge < -0.3 is 10.1 Å². The molecule has 0 aromatic heterocycles. The molecule has 1 spiro atoms. The summed E-state index contributed by atoms with van der Waals surface area (Å²) in [5, 5.41) is 2.88. The van der Waals surface area contributed by atoms with Gasteiger partial charge in [0.25, 0.3) is 5.91 Å². The third kappa shape index (κ3) is 4.68. The number of urea groups is 1. The summed E-state index contributed by atoms with van der Waals surface area (Å²) < 4.78 is 5.34. The van der Waals surface area contributed by atoms with Gasteiger partial charge >= 0.3 is 12.0 Å². The van der Waals surface area contributed by atoms with E-state index < -0.39 is 17.5 Å². The van der Waals surface area contributed by atoms with E-state index in [0.29, 0.717) is 18.8 Å². The van der Waals surface area contributed by atoms with Crippen molar-refractivity contribution in [3.63, 3.8) is 0 Å². The zero-order valence-electron chi connectivity index (χ0n) is 19.0. The average Bonchev–Trinajstić information content (AvgIpc) is 2.81. The summed E-state index contributed by atoms with van der Waals surface area (Å²) in [5.41, 5.74) is 1.18. The third-order valence-corrected chi connectivity index (χ3v) is 6.13. The molecule has 6 heteroatoms. The topological polar surface area (TPSA) is 75.7 Å². The molecule has 1 heterocycles. The summed E-state index contributed by atoms with van der Waals surface area (Å²) in [4.78, 5) is 39.0. The molecule has 2 aliphatic rings. The molecule has 1 N–H and O–H groups in total. The van der Waals surface area contributed by atoms with Crippen molar-refractivity contribution in [2.75, 3.05) is 6.54 Å². The SMILES string of the molecule is C[C@@H]1CC(C)(C)C[C@]2(C1)NC(=O)N(CC(=O)OCc1ccc(C(C)(C)C)cc1)C2=O. The Hall–Kier alpha value is -2.37. The van der Waals surface area contributed by atoms with E-state index in [4.69, 9.17) is 4.74 Å². The Morgan fingerprint density at radius 3 is 2.37 bits per heavy atom. The van der Waals surface area contributed by atoms with Crippen LogP contribution in [0.5, 0.6) is 0 Å². The first-order chi connectivity index (χ1) is 13.8. The maximum absolute atomic E-state index is 13.1. The second-order valence-electron chi connectivity index (χ2n) is 10.9. The molecule has 2 atom stereocenters. The van der Waals surface area contributed by atoms with Gasteiger partial charge in [0.05, 0.1) is 0 Å². The van der Waals surface area contributed by atoms with E-state index in [1.54, 1.807) is 0 Å². The molecule has 3 amide bonds. The minimum Gasteiger partial charge on any atom is -0.459 e. The summed E-state index contributed by atoms with van der Waals surface area (Å²) in [5.74, 6) is -0.571. The van der Waals surface area contributed by atoms with E-state index in [-0.39, 0.29) is 29.9 Å². The molecule has 0 unspecified atom stereocenters. The number of imide groups is 1. The molecule has 6 nitrogen and oxygen atoms in total. The molecule has 3 rings (SSSR count). The lowest BCUT2D eigenvalue weighted by atomic mass is 9.64. The molecule has 0 radical (unpaired) electrons. The lowest BCUT2D eigenvalue weighted by molar-refractivity contribution is -0.149. The number of ether oxygens (including phenoxy) is 1. The molecule has 1 aromatic rings. The van der Waals surface area contributed by atoms with E-state index in [1.807, 2.05) is 24.3 Å². The summed E-state index contributed by atoms with van der Waals surface area (Å²) in [6.07, 6.45) is 2.20. The number of esters is 1. The van der Waals surface area contributed by atoms with Crippen LogP contribution in [0.1, 0.15) is 71.9 Å². The van der Waals surface area contributed by atoms with Crippen molar-refractivity contribution in [1.29, 1.82) is 0 Å². The second kappa shape index (κ2) is 7.71. The lowest BCUT2D eigenvalue weighted by Crippen LogP contribution is -2.54. The van der Waals surface area contributed by atoms with Gasteiger partial charge in [0.2, 0.25) is 0 Å². The van der Waals surface area contributed by atoms with Crippen LogP contribution in [0.2, 0.25) is 0 Å². The summed E-state index contributed by atoms with van der Waals surface area (Å²) >= 11 is 0. The number of hydrogen-bond donors (Lipinski definition) is 1. The quantitative estimate of drug-likeness (QED) is 0.593. The summed E-state index contributed by atoms with van der Waals surface area (Å²) in [6.45, 7) is 12.5. The Morgan fingerprint density at radius 2 is 1.80 bits per heavy atom. The van der Waals surface area contributed by atoms with Crippen molar-refractivity contribution in [2.45, 2.75) is 78.4 Å². The molecule has 1 aromatic carbocycles. The van der Waals surface area contributed by atoms with Gasteiger partial charge in [-0.15, -0.1) is 0 Å². The highest BCUT2D eigenvalue weighted by Gasteiger charge is 2.56. The van der Waals surface area contributed by atoms with Gasteiger partial charge in [-0.2, -0.15) is 0 Å². The van der Waals surface area contributed by atoms with Gasteiger partial charge in [-0.05, 0) is 47.1 Å². The van der Waals surface area contributed by atoms with E-state index in [2.05, 4.69) is 46.9 Å². The number of amides is 3. The van der Waals surface area contributed by atoms with E-state index >= 15 is 0 Å². The molecule has 0 bridgehead atoms. The van der Waals surface area contributed by atoms with Crippen molar-refractivity contribution >= 4 is 17.9 Å². The number of benzene rings is 1. The first-order valence-corrected chi connectivity index (χ1v) is 10.7. The van der Waals surface area contributed by atoms with Gasteiger partial charge in [0.1, 0.15) is 18.7 Å². The molecular weight excluding hydrogens is 380 g/mol. The lowest BCUT2D eigenvalue weighted by Gasteiger charge is -2.43. The highest BCUT2D eigenvalue weighted by molar-refractivity contribution is 6.08. The predicted molar refractivity (Wildman–Crippen MR) is 115 cm³/mol. The number of hydrogen-bond acceptors (Lipinski definition) is 4. The smallest absolute Gasteiger partial charge is 0.326 e. The van der Waals surface area contributed by atoms with Crippen LogP contribution in [-0.2, 0) is 26.3 Å². The van der Waals surface area contributed by atoms with E-state index in [9.17, 15) is 14.4 Å². The third-order valence-electron chi connectivity index (χ3n) is 6.13. The highest BCUT2D eigenvalue weighted by atomic mass is 16.5. The van der Waals surface area contributed by atoms with Crippen molar-refractivity contribution in [3.8, 4) is 0 Å². The maximum atomic E-state index is 13.1. The molecule has 1 saturated heterocycles. The molecule has 164 valence electrons. The Bertz CT molecular complexity index is 838. The number of nitrogens with one attached hydrogen (secondary N) is 1. The molecule has 2 fully saturated rings. The average molecular weight is 415 g/mol. The summed E-state index contributed by atoms with van der Waals surface area (Å²) in [7, 11) is 0. The van der Waals surface area contributed by atoms with Gasteiger partial charge in [0.15, 0.2) is 0 Å². The van der Waals surface area contributed by atoms with Crippen LogP contribution >= 0.6 is 0 Å². The number of nitrogens with zero attached hydrogens (tertiary/aromatic N) is 1. The molecule has 1 aliphatic carbocycles. The van der Waals surface area contributed by atoms with E-state index in [1.165, 1.54) is 5.56 Å². The molecule has 1 saturated carbocycles. The molecule has 30 heavy (non-hydrogen) atoms. The standard InChI is InChI=1S/C24H34N2O4/c1-16-11-23(5,6)15-24(12-16)20(28)26(21(29)25-24)13-19(27)30-14-17-7-9-18(10-8-17)22(2,3)4/h7-10,16H,11-15H2,1-6H3,(H,25,29)/t16-,24+/m1/s1. The Balaban J connectivity index is 1.60. The van der Waals surface area contributed by atoms with Gasteiger partial charge in [-0.3, -0.25) is 14.5 Å². The first kappa shape index (κ1) is 22.3. The van der Waals surface area contributed by atoms with Crippen LogP contribution in [0.15, 0.2) is 24.3 Å². The van der Waals surface area contributed by atoms with E-state index in [0.717, 1.165) is 16.9 Å². The largest absolute Gasteiger partial charge is 0.459 e. The fourth-order valence-electron chi connectivity index (χ4n) is 5.09. The van der Waals surface area contributed by atoms with Crippen molar-refractivity contribution in [1.82, 2.24) is 10.2 Å². The van der Waals surface area contributed by atoms with Crippen LogP contribution in [0.25, 0.3) is 0 Å². The molecular formula is C24H34N2O4. The normalized spacial score (nSPS) is 26.1. The fourth-order valence-corrected chi connectivity index (χ4v) is 5.09. The van der Waals surface area contributed by atoms with Crippen molar-refractivity contribution in [2.24, 2.45) is 11.3 Å². The molecule has 1 aliphatic heterocycles. The minimum atomic E-state index is -0.901. The van der Waals surface area contributed by atoms with Gasteiger partial charge in [0, 0.05) is 0 Å². The maximum Gasteiger partial charge on any atom is 0.326 e. The summed E-state index contributed by atoms with van der Waals surface area (Å²) in [6, 6.07) is 7.41. The van der Waals surface area contributed by atoms with Crippen molar-refractivity contribution in [3.05, 3.63) is 35.4 Å². The van der Waals surface area contributed by atoms with Crippen LogP contribution in [-0.4, -0.2) is 34.9 Å². The zero-order chi connectivity index (χ0) is 22.3. The van der Waals surface area contributed by atoms with Crippen molar-refractivity contribution < 1.29 is 19.1 Å². The number of carbonyl (C=O) groups excluding carboxylic acids is 3. The number of rotatable bonds is 4.